The molecule has 1 aliphatic heterocycles. The van der Waals surface area contributed by atoms with Crippen molar-refractivity contribution in [2.45, 2.75) is 16.0 Å². The molecule has 2 aromatic carbocycles. The number of nitrogens with two attached hydrogens (primary N) is 2. The van der Waals surface area contributed by atoms with E-state index in [0.29, 0.717) is 11.1 Å². The molecule has 0 aliphatic carbocycles. The van der Waals surface area contributed by atoms with Gasteiger partial charge in [0.1, 0.15) is 11.1 Å². The summed E-state index contributed by atoms with van der Waals surface area (Å²) in [6.45, 7) is -0.167. The van der Waals surface area contributed by atoms with Crippen molar-refractivity contribution in [3.63, 3.8) is 0 Å². The first-order valence-corrected chi connectivity index (χ1v) is 12.6. The predicted octanol–water partition coefficient (Wildman–Crippen LogP) is -0.965. The van der Waals surface area contributed by atoms with Crippen LogP contribution in [-0.4, -0.2) is 38.7 Å². The minimum Gasteiger partial charge on any atom is -0.329 e. The SMILES string of the molecule is NCCS(=O)(=O)c1ccc(-c2cccc(-n3ccnc3)c2)c(C2NNNN2)c1S(N)(=O)=O. The maximum atomic E-state index is 12.8. The van der Waals surface area contributed by atoms with Gasteiger partial charge in [-0.25, -0.2) is 37.8 Å². The van der Waals surface area contributed by atoms with Crippen LogP contribution in [0.25, 0.3) is 16.8 Å². The Hall–Kier alpha value is -2.69. The second-order valence-corrected chi connectivity index (χ2v) is 10.6. The zero-order valence-electron chi connectivity index (χ0n) is 16.7. The largest absolute Gasteiger partial charge is 0.329 e. The average Bonchev–Trinajstić information content (AvgIpc) is 3.46. The van der Waals surface area contributed by atoms with Crippen molar-refractivity contribution >= 4 is 19.9 Å². The van der Waals surface area contributed by atoms with Crippen LogP contribution >= 0.6 is 0 Å². The summed E-state index contributed by atoms with van der Waals surface area (Å²) in [5.74, 6) is -0.424. The van der Waals surface area contributed by atoms with Crippen molar-refractivity contribution in [2.75, 3.05) is 12.3 Å². The third kappa shape index (κ3) is 4.30. The number of imidazole rings is 1. The normalized spacial score (nSPS) is 15.3. The Morgan fingerprint density at radius 3 is 2.44 bits per heavy atom. The van der Waals surface area contributed by atoms with Gasteiger partial charge in [0.15, 0.2) is 9.84 Å². The van der Waals surface area contributed by atoms with E-state index in [1.165, 1.54) is 6.07 Å². The van der Waals surface area contributed by atoms with Crippen LogP contribution in [0.2, 0.25) is 0 Å². The average molecular weight is 479 g/mol. The molecule has 14 heteroatoms. The summed E-state index contributed by atoms with van der Waals surface area (Å²) in [7, 11) is -8.47. The highest BCUT2D eigenvalue weighted by atomic mass is 32.2. The monoisotopic (exact) mass is 478 g/mol. The van der Waals surface area contributed by atoms with Crippen LogP contribution in [0.15, 0.2) is 64.9 Å². The molecule has 170 valence electrons. The van der Waals surface area contributed by atoms with Crippen LogP contribution < -0.4 is 32.8 Å². The van der Waals surface area contributed by atoms with E-state index < -0.39 is 41.6 Å². The van der Waals surface area contributed by atoms with E-state index in [4.69, 9.17) is 10.9 Å². The summed E-state index contributed by atoms with van der Waals surface area (Å²) < 4.78 is 52.9. The quantitative estimate of drug-likeness (QED) is 0.247. The molecule has 32 heavy (non-hydrogen) atoms. The first-order valence-electron chi connectivity index (χ1n) is 9.45. The van der Waals surface area contributed by atoms with Gasteiger partial charge in [-0.2, -0.15) is 11.1 Å². The molecule has 4 rings (SSSR count). The van der Waals surface area contributed by atoms with E-state index in [2.05, 4.69) is 26.9 Å². The van der Waals surface area contributed by atoms with Crippen LogP contribution in [-0.2, 0) is 19.9 Å². The highest BCUT2D eigenvalue weighted by Crippen LogP contribution is 2.37. The number of hydrogen-bond donors (Lipinski definition) is 6. The highest BCUT2D eigenvalue weighted by molar-refractivity contribution is 7.93. The zero-order chi connectivity index (χ0) is 22.9. The van der Waals surface area contributed by atoms with Crippen molar-refractivity contribution in [2.24, 2.45) is 10.9 Å². The number of benzene rings is 2. The number of sulfone groups is 1. The van der Waals surface area contributed by atoms with Gasteiger partial charge in [0, 0.05) is 30.2 Å². The van der Waals surface area contributed by atoms with Gasteiger partial charge in [0.2, 0.25) is 10.0 Å². The number of nitrogens with one attached hydrogen (secondary N) is 4. The molecule has 0 unspecified atom stereocenters. The number of sulfonamides is 1. The van der Waals surface area contributed by atoms with Crippen LogP contribution in [0.4, 0.5) is 0 Å². The topological polar surface area (TPSA) is 186 Å². The molecule has 0 radical (unpaired) electrons. The first kappa shape index (κ1) is 22.5. The maximum absolute atomic E-state index is 12.8. The molecule has 8 N–H and O–H groups in total. The fourth-order valence-electron chi connectivity index (χ4n) is 3.56. The highest BCUT2D eigenvalue weighted by Gasteiger charge is 2.33. The van der Waals surface area contributed by atoms with Gasteiger partial charge in [0.25, 0.3) is 0 Å². The minimum atomic E-state index is -4.46. The van der Waals surface area contributed by atoms with Crippen molar-refractivity contribution in [1.82, 2.24) is 31.5 Å². The van der Waals surface area contributed by atoms with Gasteiger partial charge in [-0.1, -0.05) is 18.2 Å². The summed E-state index contributed by atoms with van der Waals surface area (Å²) in [5.41, 5.74) is 18.4. The molecule has 0 bridgehead atoms. The van der Waals surface area contributed by atoms with Crippen LogP contribution in [0.3, 0.4) is 0 Å². The second kappa shape index (κ2) is 8.68. The molecular weight excluding hydrogens is 456 g/mol. The van der Waals surface area contributed by atoms with Crippen LogP contribution in [0, 0.1) is 0 Å². The summed E-state index contributed by atoms with van der Waals surface area (Å²) in [5, 5.41) is 5.54. The molecule has 0 atom stereocenters. The molecule has 0 saturated carbocycles. The Morgan fingerprint density at radius 2 is 1.81 bits per heavy atom. The Labute approximate surface area is 184 Å². The van der Waals surface area contributed by atoms with E-state index >= 15 is 0 Å². The van der Waals surface area contributed by atoms with Gasteiger partial charge in [-0.15, -0.1) is 0 Å². The van der Waals surface area contributed by atoms with E-state index in [1.54, 1.807) is 41.5 Å². The number of hydrazine groups is 3. The smallest absolute Gasteiger partial charge is 0.239 e. The number of primary sulfonamides is 1. The first-order chi connectivity index (χ1) is 15.2. The standard InChI is InChI=1S/C18H22N8O4S2/c19-6-9-31(27,28)15-5-4-14(12-2-1-3-13(10-12)26-8-7-21-11-26)16(17(15)32(20,29)30)18-22-24-25-23-18/h1-5,7-8,10-11,18,22-25H,6,9,19H2,(H2,20,29,30). The van der Waals surface area contributed by atoms with Gasteiger partial charge in [0.05, 0.1) is 17.0 Å². The Kier molecular flexibility index (Phi) is 6.11. The van der Waals surface area contributed by atoms with Crippen molar-refractivity contribution < 1.29 is 16.8 Å². The molecule has 1 fully saturated rings. The van der Waals surface area contributed by atoms with Crippen molar-refractivity contribution in [3.8, 4) is 16.8 Å². The molecule has 2 heterocycles. The Balaban J connectivity index is 2.01. The van der Waals surface area contributed by atoms with Crippen molar-refractivity contribution in [1.29, 1.82) is 0 Å². The van der Waals surface area contributed by atoms with Gasteiger partial charge in [-0.05, 0) is 29.3 Å². The number of nitrogens with zero attached hydrogens (tertiary/aromatic N) is 2. The maximum Gasteiger partial charge on any atom is 0.239 e. The molecule has 1 saturated heterocycles. The van der Waals surface area contributed by atoms with Gasteiger partial charge in [-0.3, -0.25) is 0 Å². The van der Waals surface area contributed by atoms with E-state index in [0.717, 1.165) is 5.69 Å². The Morgan fingerprint density at radius 1 is 1.06 bits per heavy atom. The summed E-state index contributed by atoms with van der Waals surface area (Å²) in [4.78, 5) is 3.15. The molecule has 12 nitrogen and oxygen atoms in total. The fourth-order valence-corrected chi connectivity index (χ4v) is 6.37. The van der Waals surface area contributed by atoms with E-state index in [-0.39, 0.29) is 12.1 Å². The van der Waals surface area contributed by atoms with E-state index in [9.17, 15) is 16.8 Å². The van der Waals surface area contributed by atoms with Gasteiger partial charge < -0.3 is 10.3 Å². The predicted molar refractivity (Wildman–Crippen MR) is 117 cm³/mol. The molecule has 0 spiro atoms. The molecule has 0 amide bonds. The van der Waals surface area contributed by atoms with E-state index in [1.807, 2.05) is 12.1 Å². The summed E-state index contributed by atoms with van der Waals surface area (Å²) in [6.07, 6.45) is 4.22. The zero-order valence-corrected chi connectivity index (χ0v) is 18.3. The number of aromatic nitrogens is 2. The van der Waals surface area contributed by atoms with Gasteiger partial charge >= 0.3 is 0 Å². The number of hydrogen-bond acceptors (Lipinski definition) is 10. The molecule has 3 aromatic rings. The minimum absolute atomic E-state index is 0.144. The van der Waals surface area contributed by atoms with Crippen LogP contribution in [0.1, 0.15) is 11.7 Å². The third-order valence-corrected chi connectivity index (χ3v) is 7.83. The number of rotatable bonds is 7. The third-order valence-electron chi connectivity index (χ3n) is 4.91. The Bertz CT molecular complexity index is 1340. The summed E-state index contributed by atoms with van der Waals surface area (Å²) in [6, 6.07) is 10.1. The van der Waals surface area contributed by atoms with Crippen molar-refractivity contribution in [3.05, 3.63) is 60.7 Å². The summed E-state index contributed by atoms with van der Waals surface area (Å²) >= 11 is 0. The lowest BCUT2D eigenvalue weighted by Crippen LogP contribution is -2.33. The molecule has 1 aromatic heterocycles. The van der Waals surface area contributed by atoms with Crippen LogP contribution in [0.5, 0.6) is 0 Å². The lowest BCUT2D eigenvalue weighted by Gasteiger charge is -2.21. The lowest BCUT2D eigenvalue weighted by molar-refractivity contribution is 0.534. The molecule has 1 aliphatic rings. The molecular formula is C18H22N8O4S2. The fraction of sp³-hybridized carbons (Fsp3) is 0.167. The second-order valence-electron chi connectivity index (χ2n) is 7.00. The lowest BCUT2D eigenvalue weighted by atomic mass is 9.97.